The number of rotatable bonds is 0. The van der Waals surface area contributed by atoms with Crippen molar-refractivity contribution in [3.63, 3.8) is 0 Å². The Hall–Kier alpha value is 0.200. The smallest absolute Gasteiger partial charge is 0.0863 e. The molecule has 0 radical (unpaired) electrons. The Morgan fingerprint density at radius 3 is 3.06 bits per heavy atom. The van der Waals surface area contributed by atoms with E-state index in [9.17, 15) is 0 Å². The summed E-state index contributed by atoms with van der Waals surface area (Å²) < 4.78 is 6.93. The van der Waals surface area contributed by atoms with Crippen LogP contribution >= 0.6 is 39.9 Å². The summed E-state index contributed by atoms with van der Waals surface area (Å²) in [7, 11) is 0. The molecule has 0 aromatic heterocycles. The van der Waals surface area contributed by atoms with Crippen LogP contribution in [0.5, 0.6) is 0 Å². The molecule has 1 saturated heterocycles. The fourth-order valence-corrected chi connectivity index (χ4v) is 3.31. The Balaban J connectivity index is 0.00000108. The Labute approximate surface area is 121 Å². The molecule has 1 aromatic carbocycles. The number of nitrogens with one attached hydrogen (secondary N) is 1. The lowest BCUT2D eigenvalue weighted by Gasteiger charge is -2.37. The van der Waals surface area contributed by atoms with Gasteiger partial charge in [-0.25, -0.2) is 0 Å². The second-order valence-electron chi connectivity index (χ2n) is 4.71. The maximum Gasteiger partial charge on any atom is 0.0863 e. The fraction of sp³-hybridized carbons (Fsp3) is 0.500. The first-order valence-corrected chi connectivity index (χ1v) is 6.60. The van der Waals surface area contributed by atoms with Crippen molar-refractivity contribution in [3.05, 3.63) is 32.8 Å². The van der Waals surface area contributed by atoms with E-state index in [-0.39, 0.29) is 18.0 Å². The van der Waals surface area contributed by atoms with Crippen molar-refractivity contribution in [2.24, 2.45) is 0 Å². The van der Waals surface area contributed by atoms with Gasteiger partial charge in [0.15, 0.2) is 0 Å². The molecule has 0 unspecified atom stereocenters. The molecule has 2 aliphatic rings. The van der Waals surface area contributed by atoms with Gasteiger partial charge in [-0.1, -0.05) is 17.7 Å². The first kappa shape index (κ1) is 13.6. The second kappa shape index (κ2) is 4.71. The van der Waals surface area contributed by atoms with Gasteiger partial charge in [-0.3, -0.25) is 0 Å². The van der Waals surface area contributed by atoms with Gasteiger partial charge in [0.2, 0.25) is 0 Å². The van der Waals surface area contributed by atoms with Crippen LogP contribution in [0.1, 0.15) is 24.0 Å². The van der Waals surface area contributed by atoms with Crippen LogP contribution in [0.3, 0.4) is 0 Å². The molecule has 0 amide bonds. The monoisotopic (exact) mass is 337 g/mol. The average molecular weight is 339 g/mol. The first-order valence-electron chi connectivity index (χ1n) is 5.43. The Bertz CT molecular complexity index is 454. The van der Waals surface area contributed by atoms with Crippen molar-refractivity contribution in [2.45, 2.75) is 25.0 Å². The number of halogens is 3. The lowest BCUT2D eigenvalue weighted by molar-refractivity contribution is -0.0517. The number of benzene rings is 1. The maximum absolute atomic E-state index is 6.30. The molecule has 2 nitrogen and oxygen atoms in total. The molecule has 5 heteroatoms. The van der Waals surface area contributed by atoms with Crippen LogP contribution in [-0.2, 0) is 11.3 Å². The van der Waals surface area contributed by atoms with Gasteiger partial charge in [-0.05, 0) is 34.5 Å². The summed E-state index contributed by atoms with van der Waals surface area (Å²) in [5.74, 6) is 0.418. The van der Waals surface area contributed by atoms with Crippen LogP contribution in [0, 0.1) is 0 Å². The summed E-state index contributed by atoms with van der Waals surface area (Å²) in [6, 6.07) is 4.20. The molecule has 0 bridgehead atoms. The van der Waals surface area contributed by atoms with Crippen LogP contribution in [-0.4, -0.2) is 18.7 Å². The quantitative estimate of drug-likeness (QED) is 0.781. The minimum Gasteiger partial charge on any atom is -0.369 e. The lowest BCUT2D eigenvalue weighted by atomic mass is 9.81. The molecule has 1 aromatic rings. The van der Waals surface area contributed by atoms with E-state index in [4.69, 9.17) is 16.3 Å². The van der Waals surface area contributed by atoms with E-state index < -0.39 is 0 Å². The van der Waals surface area contributed by atoms with Gasteiger partial charge < -0.3 is 10.1 Å². The van der Waals surface area contributed by atoms with Crippen molar-refractivity contribution in [2.75, 3.05) is 13.1 Å². The van der Waals surface area contributed by atoms with E-state index >= 15 is 0 Å². The van der Waals surface area contributed by atoms with Crippen molar-refractivity contribution in [3.8, 4) is 0 Å². The highest BCUT2D eigenvalue weighted by molar-refractivity contribution is 9.10. The maximum atomic E-state index is 6.30. The summed E-state index contributed by atoms with van der Waals surface area (Å²) in [6.45, 7) is 4.69. The molecule has 0 spiro atoms. The zero-order valence-corrected chi connectivity index (χ0v) is 12.6. The van der Waals surface area contributed by atoms with E-state index in [0.717, 1.165) is 28.1 Å². The third-order valence-corrected chi connectivity index (χ3v) is 5.04. The van der Waals surface area contributed by atoms with Gasteiger partial charge in [0.25, 0.3) is 0 Å². The van der Waals surface area contributed by atoms with E-state index in [1.54, 1.807) is 0 Å². The van der Waals surface area contributed by atoms with E-state index in [0.29, 0.717) is 12.5 Å². The van der Waals surface area contributed by atoms with E-state index in [1.165, 1.54) is 5.56 Å². The molecule has 0 aliphatic carbocycles. The molecule has 2 heterocycles. The molecule has 1 N–H and O–H groups in total. The average Bonchev–Trinajstić information content (AvgIpc) is 2.65. The molecule has 2 aliphatic heterocycles. The minimum absolute atomic E-state index is 0. The first-order chi connectivity index (χ1) is 7.62. The number of hydrogen-bond donors (Lipinski definition) is 1. The van der Waals surface area contributed by atoms with Gasteiger partial charge in [-0.15, -0.1) is 12.4 Å². The topological polar surface area (TPSA) is 21.3 Å². The Morgan fingerprint density at radius 2 is 2.29 bits per heavy atom. The van der Waals surface area contributed by atoms with Crippen LogP contribution < -0.4 is 5.32 Å². The van der Waals surface area contributed by atoms with Gasteiger partial charge in [0.1, 0.15) is 0 Å². The van der Waals surface area contributed by atoms with Crippen LogP contribution in [0.15, 0.2) is 16.6 Å². The zero-order chi connectivity index (χ0) is 11.3. The predicted molar refractivity (Wildman–Crippen MR) is 75.2 cm³/mol. The lowest BCUT2D eigenvalue weighted by Crippen LogP contribution is -2.39. The highest BCUT2D eigenvalue weighted by Crippen LogP contribution is 2.44. The fourth-order valence-electron chi connectivity index (χ4n) is 2.71. The molecule has 1 fully saturated rings. The van der Waals surface area contributed by atoms with Crippen molar-refractivity contribution in [1.82, 2.24) is 5.32 Å². The summed E-state index contributed by atoms with van der Waals surface area (Å²) in [4.78, 5) is 0. The molecule has 2 atom stereocenters. The third kappa shape index (κ3) is 2.02. The van der Waals surface area contributed by atoms with E-state index in [2.05, 4.69) is 34.2 Å². The largest absolute Gasteiger partial charge is 0.369 e. The molecular formula is C12H14BrCl2NO. The Kier molecular flexibility index (Phi) is 3.77. The van der Waals surface area contributed by atoms with Crippen molar-refractivity contribution < 1.29 is 4.74 Å². The summed E-state index contributed by atoms with van der Waals surface area (Å²) in [5.41, 5.74) is 2.42. The standard InChI is InChI=1S/C12H13BrClNO.ClH/c1-12-6-15-4-9(12)7-2-3-10(13)11(14)8(7)5-16-12;/h2-3,9,15H,4-6H2,1H3;1H/t9-,12+;/m1./s1. The van der Waals surface area contributed by atoms with Crippen LogP contribution in [0.25, 0.3) is 0 Å². The third-order valence-electron chi connectivity index (χ3n) is 3.72. The molecule has 94 valence electrons. The van der Waals surface area contributed by atoms with Crippen LogP contribution in [0.2, 0.25) is 5.02 Å². The number of hydrogen-bond acceptors (Lipinski definition) is 2. The second-order valence-corrected chi connectivity index (χ2v) is 5.95. The SMILES string of the molecule is C[C@]12CNC[C@@H]1c1ccc(Br)c(Cl)c1CO2.Cl. The molecule has 3 rings (SSSR count). The van der Waals surface area contributed by atoms with Gasteiger partial charge in [0.05, 0.1) is 17.2 Å². The number of ether oxygens (including phenoxy) is 1. The highest BCUT2D eigenvalue weighted by Gasteiger charge is 2.44. The van der Waals surface area contributed by atoms with Gasteiger partial charge >= 0.3 is 0 Å². The predicted octanol–water partition coefficient (Wildman–Crippen LogP) is 3.50. The molecular weight excluding hydrogens is 325 g/mol. The highest BCUT2D eigenvalue weighted by atomic mass is 79.9. The molecule has 0 saturated carbocycles. The van der Waals surface area contributed by atoms with Crippen molar-refractivity contribution in [1.29, 1.82) is 0 Å². The summed E-state index contributed by atoms with van der Waals surface area (Å²) in [5, 5.41) is 4.20. The summed E-state index contributed by atoms with van der Waals surface area (Å²) in [6.07, 6.45) is 0. The van der Waals surface area contributed by atoms with Gasteiger partial charge in [0, 0.05) is 29.0 Å². The zero-order valence-electron chi connectivity index (χ0n) is 9.43. The van der Waals surface area contributed by atoms with E-state index in [1.807, 2.05) is 6.07 Å². The molecule has 17 heavy (non-hydrogen) atoms. The summed E-state index contributed by atoms with van der Waals surface area (Å²) >= 11 is 9.76. The van der Waals surface area contributed by atoms with Crippen molar-refractivity contribution >= 4 is 39.9 Å². The van der Waals surface area contributed by atoms with Gasteiger partial charge in [-0.2, -0.15) is 0 Å². The normalized spacial score (nSPS) is 30.4. The minimum atomic E-state index is -0.0653. The number of fused-ring (bicyclic) bond motifs is 3. The Morgan fingerprint density at radius 1 is 1.53 bits per heavy atom. The van der Waals surface area contributed by atoms with Crippen LogP contribution in [0.4, 0.5) is 0 Å².